The quantitative estimate of drug-likeness (QED) is 0.411. The van der Waals surface area contributed by atoms with Crippen LogP contribution in [-0.2, 0) is 18.0 Å². The molecule has 2 aliphatic rings. The van der Waals surface area contributed by atoms with Gasteiger partial charge in [-0.25, -0.2) is 4.58 Å². The first-order valence-electron chi connectivity index (χ1n) is 12.6. The zero-order valence-corrected chi connectivity index (χ0v) is 20.6. The van der Waals surface area contributed by atoms with Gasteiger partial charge in [-0.2, -0.15) is 13.8 Å². The summed E-state index contributed by atoms with van der Waals surface area (Å²) in [7, 11) is 0. The predicted molar refractivity (Wildman–Crippen MR) is 137 cm³/mol. The van der Waals surface area contributed by atoms with Gasteiger partial charge in [0.05, 0.1) is 6.54 Å². The van der Waals surface area contributed by atoms with E-state index in [0.29, 0.717) is 37.6 Å². The highest BCUT2D eigenvalue weighted by Crippen LogP contribution is 2.33. The average molecular weight is 507 g/mol. The number of alkyl halides is 2. The molecule has 1 aromatic heterocycles. The molecule has 0 bridgehead atoms. The summed E-state index contributed by atoms with van der Waals surface area (Å²) >= 11 is 0. The standard InChI is InChI=1S/C29H30F2N3O3/c30-29(31)16-8-7-13-25(29)33-17-18-34(27(35)19-33)24-14-15-26(36-20-22-9-3-1-4-10-22)32-28(24)37-21-23-11-5-2-6-12-23/h1-6,9-12,14-15H,7-8,13,16-21H2/q+1. The molecule has 1 aliphatic heterocycles. The number of benzene rings is 2. The van der Waals surface area contributed by atoms with Crippen molar-refractivity contribution in [3.63, 3.8) is 0 Å². The molecule has 1 aliphatic carbocycles. The van der Waals surface area contributed by atoms with Crippen LogP contribution in [0.25, 0.3) is 0 Å². The van der Waals surface area contributed by atoms with Crippen LogP contribution in [0.1, 0.15) is 36.8 Å². The number of aromatic nitrogens is 1. The molecule has 1 amide bonds. The molecule has 2 heterocycles. The van der Waals surface area contributed by atoms with Crippen LogP contribution in [-0.4, -0.2) is 46.7 Å². The van der Waals surface area contributed by atoms with Gasteiger partial charge in [0, 0.05) is 18.9 Å². The number of ether oxygens (including phenoxy) is 2. The van der Waals surface area contributed by atoms with Crippen LogP contribution in [0.4, 0.5) is 14.5 Å². The summed E-state index contributed by atoms with van der Waals surface area (Å²) in [5.41, 5.74) is 2.56. The van der Waals surface area contributed by atoms with E-state index in [4.69, 9.17) is 9.47 Å². The van der Waals surface area contributed by atoms with Gasteiger partial charge in [0.25, 0.3) is 5.91 Å². The maximum Gasteiger partial charge on any atom is 0.325 e. The zero-order chi connectivity index (χ0) is 25.7. The molecule has 0 unspecified atom stereocenters. The molecule has 192 valence electrons. The molecular formula is C29H30F2N3O3+. The van der Waals surface area contributed by atoms with E-state index in [-0.39, 0.29) is 43.6 Å². The van der Waals surface area contributed by atoms with E-state index < -0.39 is 5.92 Å². The van der Waals surface area contributed by atoms with Crippen molar-refractivity contribution in [3.05, 3.63) is 83.9 Å². The van der Waals surface area contributed by atoms with Crippen molar-refractivity contribution >= 4 is 17.3 Å². The minimum atomic E-state index is -2.84. The van der Waals surface area contributed by atoms with Crippen molar-refractivity contribution in [3.8, 4) is 11.8 Å². The summed E-state index contributed by atoms with van der Waals surface area (Å²) in [6.07, 6.45) is 1.42. The predicted octanol–water partition coefficient (Wildman–Crippen LogP) is 5.25. The molecule has 1 saturated heterocycles. The summed E-state index contributed by atoms with van der Waals surface area (Å²) in [6.45, 7) is 1.12. The Labute approximate surface area is 215 Å². The second-order valence-corrected chi connectivity index (χ2v) is 9.35. The van der Waals surface area contributed by atoms with Crippen LogP contribution < -0.4 is 14.4 Å². The molecule has 2 aromatic carbocycles. The normalized spacial score (nSPS) is 19.5. The monoisotopic (exact) mass is 506 g/mol. The molecule has 37 heavy (non-hydrogen) atoms. The van der Waals surface area contributed by atoms with Crippen molar-refractivity contribution < 1.29 is 27.6 Å². The van der Waals surface area contributed by atoms with Gasteiger partial charge < -0.3 is 9.47 Å². The Hall–Kier alpha value is -3.81. The Morgan fingerprint density at radius 2 is 1.57 bits per heavy atom. The van der Waals surface area contributed by atoms with E-state index in [0.717, 1.165) is 17.5 Å². The largest absolute Gasteiger partial charge is 0.473 e. The Kier molecular flexibility index (Phi) is 7.44. The number of halogens is 2. The number of hydrogen-bond donors (Lipinski definition) is 0. The van der Waals surface area contributed by atoms with Crippen molar-refractivity contribution in [2.75, 3.05) is 24.5 Å². The summed E-state index contributed by atoms with van der Waals surface area (Å²) < 4.78 is 42.6. The van der Waals surface area contributed by atoms with Crippen molar-refractivity contribution in [2.45, 2.75) is 44.8 Å². The van der Waals surface area contributed by atoms with E-state index >= 15 is 0 Å². The molecule has 0 radical (unpaired) electrons. The van der Waals surface area contributed by atoms with E-state index in [1.807, 2.05) is 60.7 Å². The van der Waals surface area contributed by atoms with Crippen LogP contribution >= 0.6 is 0 Å². The molecule has 1 saturated carbocycles. The minimum Gasteiger partial charge on any atom is -0.473 e. The first-order valence-corrected chi connectivity index (χ1v) is 12.6. The molecule has 3 aromatic rings. The van der Waals surface area contributed by atoms with Crippen LogP contribution in [0.5, 0.6) is 11.8 Å². The maximum absolute atomic E-state index is 14.5. The minimum absolute atomic E-state index is 0.0880. The SMILES string of the molecule is O=C1C[N+](=C2CCCCC2(F)F)CCN1c1ccc(OCc2ccccc2)nc1OCc1ccccc1. The molecule has 0 spiro atoms. The lowest BCUT2D eigenvalue weighted by Gasteiger charge is -2.29. The van der Waals surface area contributed by atoms with Crippen LogP contribution in [0, 0.1) is 0 Å². The third kappa shape index (κ3) is 5.96. The number of amides is 1. The number of piperazine rings is 1. The van der Waals surface area contributed by atoms with Gasteiger partial charge in [-0.15, -0.1) is 0 Å². The third-order valence-electron chi connectivity index (χ3n) is 6.73. The lowest BCUT2D eigenvalue weighted by Crippen LogP contribution is -2.51. The molecule has 0 N–H and O–H groups in total. The topological polar surface area (TPSA) is 54.7 Å². The second kappa shape index (κ2) is 11.1. The third-order valence-corrected chi connectivity index (χ3v) is 6.73. The van der Waals surface area contributed by atoms with E-state index in [1.54, 1.807) is 21.6 Å². The summed E-state index contributed by atoms with van der Waals surface area (Å²) in [6, 6.07) is 22.9. The highest BCUT2D eigenvalue weighted by Gasteiger charge is 2.46. The number of nitrogens with zero attached hydrogens (tertiary/aromatic N) is 3. The Morgan fingerprint density at radius 3 is 2.22 bits per heavy atom. The Morgan fingerprint density at radius 1 is 0.892 bits per heavy atom. The Balaban J connectivity index is 1.37. The number of carbonyl (C=O) groups is 1. The van der Waals surface area contributed by atoms with E-state index in [1.165, 1.54) is 0 Å². The number of anilines is 1. The summed E-state index contributed by atoms with van der Waals surface area (Å²) in [5.74, 6) is -2.46. The lowest BCUT2D eigenvalue weighted by molar-refractivity contribution is -0.525. The van der Waals surface area contributed by atoms with Gasteiger partial charge in [0.15, 0.2) is 6.54 Å². The number of pyridine rings is 1. The summed E-state index contributed by atoms with van der Waals surface area (Å²) in [5, 5.41) is 0. The van der Waals surface area contributed by atoms with Gasteiger partial charge in [0.2, 0.25) is 24.0 Å². The summed E-state index contributed by atoms with van der Waals surface area (Å²) in [4.78, 5) is 19.3. The molecule has 2 fully saturated rings. The first kappa shape index (κ1) is 24.9. The smallest absolute Gasteiger partial charge is 0.325 e. The number of hydrogen-bond acceptors (Lipinski definition) is 4. The highest BCUT2D eigenvalue weighted by atomic mass is 19.3. The van der Waals surface area contributed by atoms with Crippen LogP contribution in [0.2, 0.25) is 0 Å². The van der Waals surface area contributed by atoms with E-state index in [2.05, 4.69) is 4.98 Å². The van der Waals surface area contributed by atoms with Gasteiger partial charge in [0.1, 0.15) is 18.9 Å². The van der Waals surface area contributed by atoms with Crippen molar-refractivity contribution in [1.82, 2.24) is 4.98 Å². The first-order chi connectivity index (χ1) is 18.0. The van der Waals surface area contributed by atoms with Gasteiger partial charge in [-0.3, -0.25) is 9.69 Å². The Bertz CT molecular complexity index is 1270. The van der Waals surface area contributed by atoms with E-state index in [9.17, 15) is 13.6 Å². The average Bonchev–Trinajstić information content (AvgIpc) is 2.92. The number of rotatable bonds is 7. The van der Waals surface area contributed by atoms with Crippen LogP contribution in [0.15, 0.2) is 72.8 Å². The lowest BCUT2D eigenvalue weighted by atomic mass is 9.94. The molecule has 8 heteroatoms. The molecule has 5 rings (SSSR count). The van der Waals surface area contributed by atoms with Crippen molar-refractivity contribution in [2.24, 2.45) is 0 Å². The van der Waals surface area contributed by atoms with Crippen LogP contribution in [0.3, 0.4) is 0 Å². The van der Waals surface area contributed by atoms with Gasteiger partial charge in [-0.05, 0) is 30.0 Å². The molecule has 6 nitrogen and oxygen atoms in total. The van der Waals surface area contributed by atoms with Crippen molar-refractivity contribution in [1.29, 1.82) is 0 Å². The fourth-order valence-corrected chi connectivity index (χ4v) is 4.78. The zero-order valence-electron chi connectivity index (χ0n) is 20.6. The second-order valence-electron chi connectivity index (χ2n) is 9.35. The highest BCUT2D eigenvalue weighted by molar-refractivity contribution is 5.97. The maximum atomic E-state index is 14.5. The fourth-order valence-electron chi connectivity index (χ4n) is 4.78. The fraction of sp³-hybridized carbons (Fsp3) is 0.345. The molecular weight excluding hydrogens is 476 g/mol. The van der Waals surface area contributed by atoms with Gasteiger partial charge >= 0.3 is 5.92 Å². The number of carbonyl (C=O) groups excluding carboxylic acids is 1. The van der Waals surface area contributed by atoms with Gasteiger partial charge in [-0.1, -0.05) is 60.7 Å². The molecule has 0 atom stereocenters.